The molecule has 0 unspecified atom stereocenters. The Morgan fingerprint density at radius 3 is 1.90 bits per heavy atom. The van der Waals surface area contributed by atoms with Gasteiger partial charge in [0.2, 0.25) is 0 Å². The molecule has 1 aromatic heterocycles. The largest absolute Gasteiger partial charge is 0.301 e. The Kier molecular flexibility index (Phi) is 5.40. The van der Waals surface area contributed by atoms with Crippen LogP contribution in [0.5, 0.6) is 0 Å². The van der Waals surface area contributed by atoms with Crippen molar-refractivity contribution in [2.24, 2.45) is 0 Å². The van der Waals surface area contributed by atoms with E-state index in [1.165, 1.54) is 6.92 Å². The first kappa shape index (κ1) is 17.9. The number of hydrogen-bond acceptors (Lipinski definition) is 1. The second kappa shape index (κ2) is 6.33. The van der Waals surface area contributed by atoms with Crippen LogP contribution in [0.25, 0.3) is 11.3 Å². The van der Waals surface area contributed by atoms with Gasteiger partial charge in [0, 0.05) is 37.4 Å². The van der Waals surface area contributed by atoms with Crippen LogP contribution < -0.4 is 0 Å². The molecule has 1 radical (unpaired) electrons. The normalized spacial score (nSPS) is 10.5. The molecule has 2 rings (SSSR count). The molecule has 4 heteroatoms. The van der Waals surface area contributed by atoms with Gasteiger partial charge in [-0.15, -0.1) is 6.07 Å². The average molecular weight is 467 g/mol. The van der Waals surface area contributed by atoms with E-state index in [-0.39, 0.29) is 31.2 Å². The van der Waals surface area contributed by atoms with E-state index in [0.717, 1.165) is 22.4 Å². The number of halogens is 2. The molecule has 0 saturated carbocycles. The van der Waals surface area contributed by atoms with Crippen LogP contribution in [0.1, 0.15) is 33.5 Å². The van der Waals surface area contributed by atoms with Gasteiger partial charge in [-0.1, -0.05) is 41.7 Å². The van der Waals surface area contributed by atoms with Gasteiger partial charge in [-0.25, -0.2) is 0 Å². The molecule has 0 aliphatic carbocycles. The van der Waals surface area contributed by atoms with Gasteiger partial charge in [0.15, 0.2) is 0 Å². The third-order valence-corrected chi connectivity index (χ3v) is 4.06. The minimum Gasteiger partial charge on any atom is -0.301 e. The molecule has 2 aromatic rings. The first-order chi connectivity index (χ1) is 9.25. The zero-order valence-corrected chi connectivity index (χ0v) is 15.4. The van der Waals surface area contributed by atoms with E-state index in [4.69, 9.17) is 0 Å². The van der Waals surface area contributed by atoms with Gasteiger partial charge in [-0.05, 0) is 39.0 Å². The van der Waals surface area contributed by atoms with E-state index < -0.39 is 11.6 Å². The number of nitrogens with zero attached hydrogens (tertiary/aromatic N) is 1. The Bertz CT molecular complexity index is 647. The molecule has 0 bridgehead atoms. The molecule has 0 N–H and O–H groups in total. The first-order valence-corrected chi connectivity index (χ1v) is 6.58. The van der Waals surface area contributed by atoms with Crippen molar-refractivity contribution >= 4 is 0 Å². The van der Waals surface area contributed by atoms with Crippen molar-refractivity contribution in [2.45, 2.75) is 41.5 Å². The van der Waals surface area contributed by atoms with Crippen molar-refractivity contribution < 1.29 is 28.9 Å². The van der Waals surface area contributed by atoms with E-state index in [1.807, 2.05) is 27.7 Å². The van der Waals surface area contributed by atoms with E-state index >= 15 is 0 Å². The molecule has 1 nitrogen and oxygen atoms in total. The molecule has 0 saturated heterocycles. The number of benzene rings is 1. The maximum Gasteiger partial charge on any atom is 0.0465 e. The zero-order valence-electron chi connectivity index (χ0n) is 13.0. The van der Waals surface area contributed by atoms with Crippen LogP contribution in [-0.4, -0.2) is 4.98 Å². The van der Waals surface area contributed by atoms with Gasteiger partial charge in [0.25, 0.3) is 0 Å². The van der Waals surface area contributed by atoms with E-state index in [0.29, 0.717) is 11.3 Å². The van der Waals surface area contributed by atoms with Crippen LogP contribution in [0, 0.1) is 59.2 Å². The number of pyridine rings is 1. The number of aromatic nitrogens is 1. The quantitative estimate of drug-likeness (QED) is 0.557. The minimum absolute atomic E-state index is 0. The van der Waals surface area contributed by atoms with Crippen molar-refractivity contribution in [1.82, 2.24) is 4.98 Å². The van der Waals surface area contributed by atoms with Crippen LogP contribution >= 0.6 is 0 Å². The zero-order chi connectivity index (χ0) is 15.2. The topological polar surface area (TPSA) is 12.9 Å². The van der Waals surface area contributed by atoms with Crippen molar-refractivity contribution in [2.75, 3.05) is 0 Å². The Hall–Kier alpha value is -1.12. The SMILES string of the molecule is Cc1[c-]c(-c2nc(C)c(C)c(C)c2C)c(F)c(C)c1F.[Ir]. The molecule has 0 fully saturated rings. The van der Waals surface area contributed by atoms with Crippen molar-refractivity contribution in [3.63, 3.8) is 0 Å². The summed E-state index contributed by atoms with van der Waals surface area (Å²) in [6.07, 6.45) is 0. The summed E-state index contributed by atoms with van der Waals surface area (Å²) in [5, 5.41) is 0. The molecule has 1 aromatic carbocycles. The Morgan fingerprint density at radius 2 is 1.33 bits per heavy atom. The second-order valence-corrected chi connectivity index (χ2v) is 5.30. The summed E-state index contributed by atoms with van der Waals surface area (Å²) in [6, 6.07) is 2.80. The molecule has 21 heavy (non-hydrogen) atoms. The van der Waals surface area contributed by atoms with Gasteiger partial charge >= 0.3 is 0 Å². The molecular weight excluding hydrogens is 448 g/mol. The molecule has 0 aliphatic rings. The second-order valence-electron chi connectivity index (χ2n) is 5.30. The summed E-state index contributed by atoms with van der Waals surface area (Å²) in [6.45, 7) is 10.8. The maximum atomic E-state index is 14.4. The molecule has 1 heterocycles. The number of rotatable bonds is 1. The van der Waals surface area contributed by atoms with Crippen LogP contribution in [0.4, 0.5) is 8.78 Å². The van der Waals surface area contributed by atoms with Crippen LogP contribution in [0.2, 0.25) is 0 Å². The summed E-state index contributed by atoms with van der Waals surface area (Å²) < 4.78 is 28.1. The van der Waals surface area contributed by atoms with E-state index in [2.05, 4.69) is 11.1 Å². The minimum atomic E-state index is -0.577. The Morgan fingerprint density at radius 1 is 0.762 bits per heavy atom. The van der Waals surface area contributed by atoms with Gasteiger partial charge in [-0.2, -0.15) is 0 Å². The van der Waals surface area contributed by atoms with Gasteiger partial charge in [0.05, 0.1) is 0 Å². The van der Waals surface area contributed by atoms with Crippen molar-refractivity contribution in [1.29, 1.82) is 0 Å². The summed E-state index contributed by atoms with van der Waals surface area (Å²) in [4.78, 5) is 4.48. The third-order valence-electron chi connectivity index (χ3n) is 4.06. The van der Waals surface area contributed by atoms with Gasteiger partial charge in [0.1, 0.15) is 0 Å². The Labute approximate surface area is 138 Å². The average Bonchev–Trinajstić information content (AvgIpc) is 2.42. The predicted molar refractivity (Wildman–Crippen MR) is 76.8 cm³/mol. The smallest absolute Gasteiger partial charge is 0.0465 e. The molecule has 0 amide bonds. The van der Waals surface area contributed by atoms with E-state index in [1.54, 1.807) is 6.92 Å². The number of hydrogen-bond donors (Lipinski definition) is 0. The van der Waals surface area contributed by atoms with Gasteiger partial charge in [-0.3, -0.25) is 8.78 Å². The first-order valence-electron chi connectivity index (χ1n) is 6.58. The molecule has 115 valence electrons. The summed E-state index contributed by atoms with van der Waals surface area (Å²) in [5.41, 5.74) is 5.09. The van der Waals surface area contributed by atoms with Crippen molar-refractivity contribution in [3.05, 3.63) is 51.2 Å². The maximum absolute atomic E-state index is 14.4. The molecule has 0 spiro atoms. The van der Waals surface area contributed by atoms with E-state index in [9.17, 15) is 8.78 Å². The van der Waals surface area contributed by atoms with Crippen molar-refractivity contribution in [3.8, 4) is 11.3 Å². The number of aryl methyl sites for hydroxylation is 2. The summed E-state index contributed by atoms with van der Waals surface area (Å²) in [7, 11) is 0. The van der Waals surface area contributed by atoms with Gasteiger partial charge < -0.3 is 4.98 Å². The van der Waals surface area contributed by atoms with Crippen LogP contribution in [-0.2, 0) is 20.1 Å². The van der Waals surface area contributed by atoms with Crippen LogP contribution in [0.3, 0.4) is 0 Å². The predicted octanol–water partition coefficient (Wildman–Crippen LogP) is 4.68. The van der Waals surface area contributed by atoms with Crippen LogP contribution in [0.15, 0.2) is 0 Å². The fraction of sp³-hybridized carbons (Fsp3) is 0.353. The molecule has 0 atom stereocenters. The Balaban J connectivity index is 0.00000220. The fourth-order valence-electron chi connectivity index (χ4n) is 2.33. The third kappa shape index (κ3) is 2.93. The monoisotopic (exact) mass is 467 g/mol. The molecular formula is C17H18F2IrN-. The standard InChI is InChI=1S/C17H18F2N.Ir/c1-8-7-14(16(19)12(5)15(8)18)17-11(4)9(2)10(3)13(6)20-17;/h1-6H3;/q-1;. The molecule has 0 aliphatic heterocycles. The summed E-state index contributed by atoms with van der Waals surface area (Å²) in [5.74, 6) is -1.11. The fourth-order valence-corrected chi connectivity index (χ4v) is 2.33. The summed E-state index contributed by atoms with van der Waals surface area (Å²) >= 11 is 0.